The van der Waals surface area contributed by atoms with Crippen LogP contribution in [0.4, 0.5) is 0 Å². The number of hydrogen-bond donors (Lipinski definition) is 2. The summed E-state index contributed by atoms with van der Waals surface area (Å²) < 4.78 is 0. The fraction of sp³-hybridized carbons (Fsp3) is 0.318. The summed E-state index contributed by atoms with van der Waals surface area (Å²) >= 11 is 0. The molecular weight excluding hydrogens is 336 g/mol. The van der Waals surface area contributed by atoms with E-state index in [4.69, 9.17) is 4.98 Å². The summed E-state index contributed by atoms with van der Waals surface area (Å²) in [5.41, 5.74) is 9.60. The van der Waals surface area contributed by atoms with Gasteiger partial charge in [0.05, 0.1) is 11.4 Å². The van der Waals surface area contributed by atoms with Crippen molar-refractivity contribution < 1.29 is 4.79 Å². The van der Waals surface area contributed by atoms with E-state index in [1.54, 1.807) is 12.3 Å². The van der Waals surface area contributed by atoms with Crippen molar-refractivity contribution in [3.05, 3.63) is 64.1 Å². The highest BCUT2D eigenvalue weighted by Gasteiger charge is 2.17. The van der Waals surface area contributed by atoms with Crippen molar-refractivity contribution in [1.82, 2.24) is 20.6 Å². The van der Waals surface area contributed by atoms with E-state index in [-0.39, 0.29) is 5.91 Å². The highest BCUT2D eigenvalue weighted by atomic mass is 16.1. The molecule has 0 fully saturated rings. The first-order valence-corrected chi connectivity index (χ1v) is 9.14. The SMILES string of the molecule is C=C(NC1=CC(=O)NCC1)c1ccnc(-c2c(C)c(C)c(C)c(C)c2C)n1. The highest BCUT2D eigenvalue weighted by molar-refractivity contribution is 5.89. The molecule has 5 nitrogen and oxygen atoms in total. The Morgan fingerprint density at radius 1 is 1.07 bits per heavy atom. The number of hydrogen-bond acceptors (Lipinski definition) is 4. The first kappa shape index (κ1) is 18.8. The molecular formula is C22H26N4O. The van der Waals surface area contributed by atoms with Crippen LogP contribution in [0.3, 0.4) is 0 Å². The van der Waals surface area contributed by atoms with Gasteiger partial charge in [0.2, 0.25) is 5.91 Å². The number of nitrogens with zero attached hydrogens (tertiary/aromatic N) is 2. The number of amides is 1. The molecule has 2 aromatic rings. The molecule has 3 rings (SSSR count). The normalized spacial score (nSPS) is 13.8. The van der Waals surface area contributed by atoms with E-state index in [0.717, 1.165) is 23.4 Å². The van der Waals surface area contributed by atoms with Crippen LogP contribution in [0.25, 0.3) is 17.1 Å². The Morgan fingerprint density at radius 3 is 2.33 bits per heavy atom. The van der Waals surface area contributed by atoms with Crippen LogP contribution >= 0.6 is 0 Å². The second-order valence-corrected chi connectivity index (χ2v) is 7.08. The predicted octanol–water partition coefficient (Wildman–Crippen LogP) is 3.65. The molecule has 1 aromatic carbocycles. The van der Waals surface area contributed by atoms with Gasteiger partial charge in [-0.25, -0.2) is 9.97 Å². The Kier molecular flexibility index (Phi) is 5.13. The van der Waals surface area contributed by atoms with Crippen molar-refractivity contribution in [2.45, 2.75) is 41.0 Å². The molecule has 0 saturated heterocycles. The molecule has 0 bridgehead atoms. The average molecular weight is 362 g/mol. The first-order chi connectivity index (χ1) is 12.8. The van der Waals surface area contributed by atoms with E-state index >= 15 is 0 Å². The van der Waals surface area contributed by atoms with E-state index in [1.807, 2.05) is 6.07 Å². The van der Waals surface area contributed by atoms with Crippen LogP contribution in [0.5, 0.6) is 0 Å². The van der Waals surface area contributed by atoms with Crippen LogP contribution in [-0.4, -0.2) is 22.4 Å². The number of rotatable bonds is 4. The maximum absolute atomic E-state index is 11.5. The third kappa shape index (κ3) is 3.63. The van der Waals surface area contributed by atoms with Gasteiger partial charge < -0.3 is 10.6 Å². The Labute approximate surface area is 160 Å². The van der Waals surface area contributed by atoms with Crippen LogP contribution in [0.1, 0.15) is 39.9 Å². The quantitative estimate of drug-likeness (QED) is 0.871. The van der Waals surface area contributed by atoms with Gasteiger partial charge in [0.25, 0.3) is 0 Å². The molecule has 1 aromatic heterocycles. The minimum absolute atomic E-state index is 0.0863. The zero-order valence-corrected chi connectivity index (χ0v) is 16.7. The zero-order valence-electron chi connectivity index (χ0n) is 16.7. The third-order valence-electron chi connectivity index (χ3n) is 5.50. The minimum Gasteiger partial charge on any atom is -0.357 e. The number of aromatic nitrogens is 2. The van der Waals surface area contributed by atoms with Gasteiger partial charge in [-0.2, -0.15) is 0 Å². The standard InChI is InChI=1S/C22H26N4O/c1-12-13(2)15(4)21(16(5)14(12)3)22-24-10-8-19(26-22)17(6)25-18-7-9-23-20(27)11-18/h8,10-11,25H,6-7,9H2,1-5H3,(H,23,27). The van der Waals surface area contributed by atoms with Gasteiger partial charge in [0.1, 0.15) is 0 Å². The number of carbonyl (C=O) groups excluding carboxylic acids is 1. The van der Waals surface area contributed by atoms with Gasteiger partial charge in [-0.05, 0) is 68.5 Å². The highest BCUT2D eigenvalue weighted by Crippen LogP contribution is 2.32. The van der Waals surface area contributed by atoms with Crippen molar-refractivity contribution in [2.75, 3.05) is 6.54 Å². The van der Waals surface area contributed by atoms with Crippen LogP contribution < -0.4 is 10.6 Å². The summed E-state index contributed by atoms with van der Waals surface area (Å²) in [6.07, 6.45) is 4.07. The predicted molar refractivity (Wildman–Crippen MR) is 109 cm³/mol. The molecule has 27 heavy (non-hydrogen) atoms. The van der Waals surface area contributed by atoms with Gasteiger partial charge in [-0.15, -0.1) is 0 Å². The molecule has 1 aliphatic heterocycles. The summed E-state index contributed by atoms with van der Waals surface area (Å²) in [5.74, 6) is 0.615. The number of benzene rings is 1. The molecule has 0 unspecified atom stereocenters. The second-order valence-electron chi connectivity index (χ2n) is 7.08. The number of nitrogens with one attached hydrogen (secondary N) is 2. The fourth-order valence-corrected chi connectivity index (χ4v) is 3.44. The molecule has 0 spiro atoms. The topological polar surface area (TPSA) is 66.9 Å². The van der Waals surface area contributed by atoms with E-state index in [2.05, 4.69) is 56.8 Å². The summed E-state index contributed by atoms with van der Waals surface area (Å²) in [6, 6.07) is 1.83. The first-order valence-electron chi connectivity index (χ1n) is 9.14. The Hall–Kier alpha value is -2.95. The van der Waals surface area contributed by atoms with Crippen molar-refractivity contribution >= 4 is 11.6 Å². The minimum atomic E-state index is -0.0863. The van der Waals surface area contributed by atoms with Crippen LogP contribution in [0.15, 0.2) is 30.6 Å². The maximum atomic E-state index is 11.5. The van der Waals surface area contributed by atoms with Gasteiger partial charge in [0, 0.05) is 36.5 Å². The summed E-state index contributed by atoms with van der Waals surface area (Å²) in [4.78, 5) is 20.8. The lowest BCUT2D eigenvalue weighted by Crippen LogP contribution is -2.30. The van der Waals surface area contributed by atoms with Gasteiger partial charge >= 0.3 is 0 Å². The molecule has 1 amide bonds. The van der Waals surface area contributed by atoms with Crippen molar-refractivity contribution in [3.8, 4) is 11.4 Å². The lowest BCUT2D eigenvalue weighted by molar-refractivity contribution is -0.116. The average Bonchev–Trinajstić information content (AvgIpc) is 2.65. The van der Waals surface area contributed by atoms with E-state index in [0.29, 0.717) is 18.1 Å². The largest absolute Gasteiger partial charge is 0.357 e. The monoisotopic (exact) mass is 362 g/mol. The Morgan fingerprint density at radius 2 is 1.70 bits per heavy atom. The van der Waals surface area contributed by atoms with Crippen molar-refractivity contribution in [1.29, 1.82) is 0 Å². The van der Waals surface area contributed by atoms with Crippen LogP contribution in [0, 0.1) is 34.6 Å². The Balaban J connectivity index is 1.97. The molecule has 0 radical (unpaired) electrons. The zero-order chi connectivity index (χ0) is 19.7. The molecule has 2 heterocycles. The smallest absolute Gasteiger partial charge is 0.245 e. The van der Waals surface area contributed by atoms with E-state index in [9.17, 15) is 4.79 Å². The summed E-state index contributed by atoms with van der Waals surface area (Å²) in [7, 11) is 0. The van der Waals surface area contributed by atoms with E-state index < -0.39 is 0 Å². The van der Waals surface area contributed by atoms with Gasteiger partial charge in [0.15, 0.2) is 5.82 Å². The summed E-state index contributed by atoms with van der Waals surface area (Å²) in [6.45, 7) is 15.4. The van der Waals surface area contributed by atoms with Crippen LogP contribution in [-0.2, 0) is 4.79 Å². The van der Waals surface area contributed by atoms with Gasteiger partial charge in [-0.1, -0.05) is 6.58 Å². The third-order valence-corrected chi connectivity index (χ3v) is 5.50. The molecule has 2 N–H and O–H groups in total. The fourth-order valence-electron chi connectivity index (χ4n) is 3.44. The maximum Gasteiger partial charge on any atom is 0.245 e. The van der Waals surface area contributed by atoms with Crippen molar-refractivity contribution in [2.24, 2.45) is 0 Å². The second kappa shape index (κ2) is 7.35. The molecule has 0 saturated carbocycles. The van der Waals surface area contributed by atoms with E-state index in [1.165, 1.54) is 27.8 Å². The lowest BCUT2D eigenvalue weighted by Gasteiger charge is -2.19. The number of carbonyl (C=O) groups is 1. The molecule has 1 aliphatic rings. The molecule has 0 atom stereocenters. The van der Waals surface area contributed by atoms with Crippen LogP contribution in [0.2, 0.25) is 0 Å². The Bertz CT molecular complexity index is 944. The molecule has 140 valence electrons. The van der Waals surface area contributed by atoms with Gasteiger partial charge in [-0.3, -0.25) is 4.79 Å². The van der Waals surface area contributed by atoms with Crippen molar-refractivity contribution in [3.63, 3.8) is 0 Å². The molecule has 5 heteroatoms. The molecule has 0 aliphatic carbocycles. The summed E-state index contributed by atoms with van der Waals surface area (Å²) in [5, 5.41) is 5.99. The lowest BCUT2D eigenvalue weighted by atomic mass is 9.89.